The molecule has 0 saturated carbocycles. The molecule has 0 aliphatic carbocycles. The van der Waals surface area contributed by atoms with Gasteiger partial charge in [-0.3, -0.25) is 0 Å². The summed E-state index contributed by atoms with van der Waals surface area (Å²) in [7, 11) is 0. The van der Waals surface area contributed by atoms with Gasteiger partial charge in [-0.2, -0.15) is 0 Å². The zero-order chi connectivity index (χ0) is 20.2. The number of ether oxygens (including phenoxy) is 1. The van der Waals surface area contributed by atoms with Gasteiger partial charge in [0, 0.05) is 16.5 Å². The molecular formula is C24H23NO2S2. The molecule has 3 aromatic rings. The Morgan fingerprint density at radius 3 is 2.55 bits per heavy atom. The molecule has 0 spiro atoms. The Balaban J connectivity index is 2.00. The van der Waals surface area contributed by atoms with Crippen molar-refractivity contribution in [3.8, 4) is 11.3 Å². The van der Waals surface area contributed by atoms with Crippen LogP contribution in [0.25, 0.3) is 27.7 Å². The lowest BCUT2D eigenvalue weighted by atomic mass is 9.98. The highest BCUT2D eigenvalue weighted by molar-refractivity contribution is 8.23. The minimum Gasteiger partial charge on any atom is -0.462 e. The van der Waals surface area contributed by atoms with E-state index in [-0.39, 0.29) is 5.97 Å². The van der Waals surface area contributed by atoms with E-state index in [1.54, 1.807) is 23.5 Å². The van der Waals surface area contributed by atoms with Gasteiger partial charge in [0.2, 0.25) is 0 Å². The van der Waals surface area contributed by atoms with Crippen molar-refractivity contribution in [2.45, 2.75) is 20.3 Å². The van der Waals surface area contributed by atoms with E-state index in [0.29, 0.717) is 12.2 Å². The Kier molecular flexibility index (Phi) is 6.26. The van der Waals surface area contributed by atoms with Crippen LogP contribution in [0.5, 0.6) is 0 Å². The Bertz CT molecular complexity index is 1070. The molecule has 29 heavy (non-hydrogen) atoms. The third kappa shape index (κ3) is 4.36. The summed E-state index contributed by atoms with van der Waals surface area (Å²) in [5.41, 5.74) is 5.52. The van der Waals surface area contributed by atoms with Crippen molar-refractivity contribution in [1.29, 1.82) is 0 Å². The van der Waals surface area contributed by atoms with E-state index in [4.69, 9.17) is 9.72 Å². The lowest BCUT2D eigenvalue weighted by Crippen LogP contribution is -2.10. The van der Waals surface area contributed by atoms with Crippen molar-refractivity contribution in [2.75, 3.05) is 18.1 Å². The van der Waals surface area contributed by atoms with Gasteiger partial charge in [0.25, 0.3) is 0 Å². The Morgan fingerprint density at radius 2 is 1.83 bits per heavy atom. The van der Waals surface area contributed by atoms with Crippen molar-refractivity contribution in [3.05, 3.63) is 70.0 Å². The molecule has 1 aliphatic rings. The second kappa shape index (κ2) is 9.06. The van der Waals surface area contributed by atoms with Crippen LogP contribution in [0.4, 0.5) is 0 Å². The van der Waals surface area contributed by atoms with Crippen molar-refractivity contribution < 1.29 is 9.53 Å². The van der Waals surface area contributed by atoms with Crippen molar-refractivity contribution in [3.63, 3.8) is 0 Å². The van der Waals surface area contributed by atoms with Crippen LogP contribution >= 0.6 is 23.5 Å². The predicted molar refractivity (Wildman–Crippen MR) is 125 cm³/mol. The van der Waals surface area contributed by atoms with Crippen LogP contribution < -0.4 is 0 Å². The number of esters is 1. The second-order valence-corrected chi connectivity index (χ2v) is 9.34. The van der Waals surface area contributed by atoms with Crippen LogP contribution in [0.15, 0.2) is 58.8 Å². The standard InChI is InChI=1S/C24H23NO2S2/c1-3-27-23(26)22(24-28-12-7-13-29-24)19-15-21(17-8-5-4-6-9-17)25-20-11-10-16(2)14-18(19)20/h4-6,8-11,14-15H,3,7,12-13H2,1-2H3. The van der Waals surface area contributed by atoms with Gasteiger partial charge in [-0.25, -0.2) is 9.78 Å². The minimum absolute atomic E-state index is 0.252. The molecule has 148 valence electrons. The van der Waals surface area contributed by atoms with Gasteiger partial charge in [0.15, 0.2) is 0 Å². The highest BCUT2D eigenvalue weighted by atomic mass is 32.2. The highest BCUT2D eigenvalue weighted by Crippen LogP contribution is 2.43. The Hall–Kier alpha value is -2.24. The van der Waals surface area contributed by atoms with Crippen LogP contribution in [-0.4, -0.2) is 29.1 Å². The first kappa shape index (κ1) is 20.0. The molecule has 0 unspecified atom stereocenters. The highest BCUT2D eigenvalue weighted by Gasteiger charge is 2.24. The van der Waals surface area contributed by atoms with Crippen molar-refractivity contribution >= 4 is 46.0 Å². The summed E-state index contributed by atoms with van der Waals surface area (Å²) in [6.45, 7) is 4.28. The number of rotatable bonds is 4. The fourth-order valence-electron chi connectivity index (χ4n) is 3.38. The molecule has 4 rings (SSSR count). The first-order chi connectivity index (χ1) is 14.2. The van der Waals surface area contributed by atoms with Gasteiger partial charge >= 0.3 is 5.97 Å². The monoisotopic (exact) mass is 421 g/mol. The van der Waals surface area contributed by atoms with Crippen LogP contribution in [-0.2, 0) is 9.53 Å². The van der Waals surface area contributed by atoms with Gasteiger partial charge in [-0.15, -0.1) is 23.5 Å². The number of aromatic nitrogens is 1. The summed E-state index contributed by atoms with van der Waals surface area (Å²) >= 11 is 3.51. The van der Waals surface area contributed by atoms with Gasteiger partial charge in [0.05, 0.1) is 27.6 Å². The number of thioether (sulfide) groups is 2. The molecule has 3 nitrogen and oxygen atoms in total. The number of nitrogens with zero attached hydrogens (tertiary/aromatic N) is 1. The number of fused-ring (bicyclic) bond motifs is 1. The minimum atomic E-state index is -0.252. The normalized spacial score (nSPS) is 14.1. The number of hydrogen-bond donors (Lipinski definition) is 0. The predicted octanol–water partition coefficient (Wildman–Crippen LogP) is 6.31. The van der Waals surface area contributed by atoms with Gasteiger partial charge in [0.1, 0.15) is 0 Å². The van der Waals surface area contributed by atoms with E-state index in [0.717, 1.165) is 55.5 Å². The van der Waals surface area contributed by atoms with Crippen LogP contribution in [0, 0.1) is 6.92 Å². The van der Waals surface area contributed by atoms with E-state index in [2.05, 4.69) is 19.1 Å². The summed E-state index contributed by atoms with van der Waals surface area (Å²) in [6, 6.07) is 18.4. The maximum absolute atomic E-state index is 13.1. The average molecular weight is 422 g/mol. The lowest BCUT2D eigenvalue weighted by Gasteiger charge is -2.19. The molecule has 0 amide bonds. The van der Waals surface area contributed by atoms with Crippen LogP contribution in [0.1, 0.15) is 24.5 Å². The molecule has 1 fully saturated rings. The SMILES string of the molecule is CCOC(=O)C(=C1SCCCS1)c1cc(-c2ccccc2)nc2ccc(C)cc12. The summed E-state index contributed by atoms with van der Waals surface area (Å²) in [5.74, 6) is 1.80. The number of hydrogen-bond acceptors (Lipinski definition) is 5. The molecule has 5 heteroatoms. The zero-order valence-electron chi connectivity index (χ0n) is 16.6. The zero-order valence-corrected chi connectivity index (χ0v) is 18.2. The summed E-state index contributed by atoms with van der Waals surface area (Å²) in [5, 5.41) is 0.993. The number of carbonyl (C=O) groups is 1. The number of benzene rings is 2. The van der Waals surface area contributed by atoms with E-state index in [1.165, 1.54) is 0 Å². The Morgan fingerprint density at radius 1 is 1.07 bits per heavy atom. The van der Waals surface area contributed by atoms with Gasteiger partial charge < -0.3 is 4.74 Å². The summed E-state index contributed by atoms with van der Waals surface area (Å²) in [4.78, 5) is 18.0. The quantitative estimate of drug-likeness (QED) is 0.364. The molecule has 0 atom stereocenters. The summed E-state index contributed by atoms with van der Waals surface area (Å²) < 4.78 is 6.55. The second-order valence-electron chi connectivity index (χ2n) is 6.88. The number of aryl methyl sites for hydroxylation is 1. The van der Waals surface area contributed by atoms with Crippen LogP contribution in [0.3, 0.4) is 0 Å². The molecule has 2 aromatic carbocycles. The maximum Gasteiger partial charge on any atom is 0.340 e. The van der Waals surface area contributed by atoms with Crippen LogP contribution in [0.2, 0.25) is 0 Å². The smallest absolute Gasteiger partial charge is 0.340 e. The molecule has 1 aromatic heterocycles. The average Bonchev–Trinajstić information content (AvgIpc) is 2.75. The molecule has 1 saturated heterocycles. The molecule has 0 radical (unpaired) electrons. The third-order valence-corrected chi connectivity index (χ3v) is 7.37. The summed E-state index contributed by atoms with van der Waals surface area (Å²) in [6.07, 6.45) is 1.15. The molecule has 2 heterocycles. The first-order valence-electron chi connectivity index (χ1n) is 9.81. The van der Waals surface area contributed by atoms with E-state index in [9.17, 15) is 4.79 Å². The molecule has 1 aliphatic heterocycles. The fourth-order valence-corrected chi connectivity index (χ4v) is 6.02. The van der Waals surface area contributed by atoms with E-state index >= 15 is 0 Å². The van der Waals surface area contributed by atoms with E-state index < -0.39 is 0 Å². The largest absolute Gasteiger partial charge is 0.462 e. The molecule has 0 N–H and O–H groups in total. The van der Waals surface area contributed by atoms with Crippen molar-refractivity contribution in [1.82, 2.24) is 4.98 Å². The first-order valence-corrected chi connectivity index (χ1v) is 11.8. The Labute approximate surface area is 180 Å². The molecular weight excluding hydrogens is 398 g/mol. The van der Waals surface area contributed by atoms with Gasteiger partial charge in [-0.05, 0) is 50.0 Å². The number of pyridine rings is 1. The molecule has 0 bridgehead atoms. The van der Waals surface area contributed by atoms with Crippen molar-refractivity contribution in [2.24, 2.45) is 0 Å². The lowest BCUT2D eigenvalue weighted by molar-refractivity contribution is -0.136. The maximum atomic E-state index is 13.1. The topological polar surface area (TPSA) is 39.2 Å². The number of carbonyl (C=O) groups excluding carboxylic acids is 1. The van der Waals surface area contributed by atoms with E-state index in [1.807, 2.05) is 49.4 Å². The van der Waals surface area contributed by atoms with Gasteiger partial charge in [-0.1, -0.05) is 42.0 Å². The fraction of sp³-hybridized carbons (Fsp3) is 0.250. The third-order valence-electron chi connectivity index (χ3n) is 4.74.